The molecule has 2 saturated heterocycles. The normalized spacial score (nSPS) is 34.6. The van der Waals surface area contributed by atoms with E-state index in [1.54, 1.807) is 0 Å². The molecule has 5 rings (SSSR count). The molecule has 6 heteroatoms. The van der Waals surface area contributed by atoms with Crippen LogP contribution in [0.4, 0.5) is 4.79 Å². The summed E-state index contributed by atoms with van der Waals surface area (Å²) < 4.78 is 5.80. The average Bonchev–Trinajstić information content (AvgIpc) is 3.35. The Bertz CT molecular complexity index is 905. The summed E-state index contributed by atoms with van der Waals surface area (Å²) in [4.78, 5) is 24.1. The van der Waals surface area contributed by atoms with Crippen LogP contribution in [-0.2, 0) is 16.6 Å². The maximum absolute atomic E-state index is 12.6. The second-order valence-corrected chi connectivity index (χ2v) is 12.1. The summed E-state index contributed by atoms with van der Waals surface area (Å²) in [5.74, 6) is 3.09. The lowest BCUT2D eigenvalue weighted by molar-refractivity contribution is -0.134. The number of carbonyl (C=O) groups excluding carboxylic acids is 2. The van der Waals surface area contributed by atoms with Gasteiger partial charge in [0, 0.05) is 17.4 Å². The Morgan fingerprint density at radius 3 is 2.97 bits per heavy atom. The molecule has 3 unspecified atom stereocenters. The SMILES string of the molecule is CC[C@H]1Cc2ccc(OC(=O)CCCCC3SCC4NC(=O)NC43)cc2[C@]2(C)CCCC[C@H]12. The van der Waals surface area contributed by atoms with Crippen molar-refractivity contribution < 1.29 is 14.3 Å². The Morgan fingerprint density at radius 2 is 2.12 bits per heavy atom. The van der Waals surface area contributed by atoms with E-state index in [1.807, 2.05) is 17.8 Å². The van der Waals surface area contributed by atoms with Crippen molar-refractivity contribution in [3.63, 3.8) is 0 Å². The molecule has 0 aromatic heterocycles. The third kappa shape index (κ3) is 4.52. The van der Waals surface area contributed by atoms with Crippen molar-refractivity contribution in [2.75, 3.05) is 5.75 Å². The number of rotatable bonds is 7. The monoisotopic (exact) mass is 470 g/mol. The lowest BCUT2D eigenvalue weighted by Crippen LogP contribution is -2.44. The predicted octanol–water partition coefficient (Wildman–Crippen LogP) is 5.35. The van der Waals surface area contributed by atoms with Crippen LogP contribution in [0.5, 0.6) is 5.75 Å². The van der Waals surface area contributed by atoms with Crippen LogP contribution in [0.3, 0.4) is 0 Å². The van der Waals surface area contributed by atoms with Crippen molar-refractivity contribution in [3.8, 4) is 5.75 Å². The van der Waals surface area contributed by atoms with Gasteiger partial charge in [-0.15, -0.1) is 0 Å². The highest BCUT2D eigenvalue weighted by Crippen LogP contribution is 2.53. The topological polar surface area (TPSA) is 67.4 Å². The number of hydrogen-bond acceptors (Lipinski definition) is 4. The molecule has 2 aliphatic heterocycles. The zero-order valence-corrected chi connectivity index (χ0v) is 20.8. The van der Waals surface area contributed by atoms with E-state index in [2.05, 4.69) is 36.6 Å². The molecular weight excluding hydrogens is 432 g/mol. The van der Waals surface area contributed by atoms with E-state index in [0.717, 1.165) is 43.3 Å². The molecule has 2 heterocycles. The number of carbonyl (C=O) groups is 2. The Morgan fingerprint density at radius 1 is 1.24 bits per heavy atom. The van der Waals surface area contributed by atoms with Gasteiger partial charge in [-0.1, -0.05) is 45.6 Å². The molecule has 2 amide bonds. The predicted molar refractivity (Wildman–Crippen MR) is 133 cm³/mol. The summed E-state index contributed by atoms with van der Waals surface area (Å²) in [6.45, 7) is 4.79. The van der Waals surface area contributed by atoms with Gasteiger partial charge >= 0.3 is 12.0 Å². The molecule has 5 nitrogen and oxygen atoms in total. The summed E-state index contributed by atoms with van der Waals surface area (Å²) in [6.07, 6.45) is 10.9. The number of amides is 2. The second kappa shape index (κ2) is 9.52. The molecule has 6 atom stereocenters. The molecule has 4 aliphatic rings. The number of unbranched alkanes of at least 4 members (excludes halogenated alkanes) is 1. The summed E-state index contributed by atoms with van der Waals surface area (Å²) in [5.41, 5.74) is 3.11. The van der Waals surface area contributed by atoms with Crippen LogP contribution in [0.15, 0.2) is 18.2 Å². The van der Waals surface area contributed by atoms with Gasteiger partial charge in [0.15, 0.2) is 0 Å². The Balaban J connectivity index is 1.15. The lowest BCUT2D eigenvalue weighted by atomic mass is 9.54. The van der Waals surface area contributed by atoms with Crippen LogP contribution in [0, 0.1) is 11.8 Å². The third-order valence-corrected chi connectivity index (χ3v) is 10.3. The molecule has 33 heavy (non-hydrogen) atoms. The van der Waals surface area contributed by atoms with Crippen molar-refractivity contribution in [3.05, 3.63) is 29.3 Å². The van der Waals surface area contributed by atoms with Gasteiger partial charge < -0.3 is 15.4 Å². The quantitative estimate of drug-likeness (QED) is 0.244. The van der Waals surface area contributed by atoms with Gasteiger partial charge in [0.1, 0.15) is 5.75 Å². The molecule has 180 valence electrons. The first kappa shape index (κ1) is 23.1. The number of hydrogen-bond donors (Lipinski definition) is 2. The first-order valence-electron chi connectivity index (χ1n) is 13.0. The van der Waals surface area contributed by atoms with E-state index in [4.69, 9.17) is 4.74 Å². The van der Waals surface area contributed by atoms with Gasteiger partial charge in [0.2, 0.25) is 0 Å². The number of ether oxygens (including phenoxy) is 1. The minimum absolute atomic E-state index is 0.0393. The van der Waals surface area contributed by atoms with Gasteiger partial charge in [-0.2, -0.15) is 11.8 Å². The lowest BCUT2D eigenvalue weighted by Gasteiger charge is -2.50. The first-order chi connectivity index (χ1) is 16.0. The van der Waals surface area contributed by atoms with Crippen LogP contribution >= 0.6 is 11.8 Å². The third-order valence-electron chi connectivity index (χ3n) is 8.84. The average molecular weight is 471 g/mol. The fraction of sp³-hybridized carbons (Fsp3) is 0.704. The number of thioether (sulfide) groups is 1. The summed E-state index contributed by atoms with van der Waals surface area (Å²) >= 11 is 1.93. The highest BCUT2D eigenvalue weighted by molar-refractivity contribution is 8.00. The van der Waals surface area contributed by atoms with E-state index in [9.17, 15) is 9.59 Å². The maximum atomic E-state index is 12.6. The van der Waals surface area contributed by atoms with E-state index in [1.165, 1.54) is 43.2 Å². The van der Waals surface area contributed by atoms with Gasteiger partial charge in [0.25, 0.3) is 0 Å². The van der Waals surface area contributed by atoms with Crippen LogP contribution in [0.2, 0.25) is 0 Å². The molecule has 2 N–H and O–H groups in total. The van der Waals surface area contributed by atoms with Crippen molar-refractivity contribution >= 4 is 23.8 Å². The summed E-state index contributed by atoms with van der Waals surface area (Å²) in [6, 6.07) is 6.86. The molecular formula is C27H38N2O3S. The fourth-order valence-electron chi connectivity index (χ4n) is 7.07. The molecule has 0 bridgehead atoms. The summed E-state index contributed by atoms with van der Waals surface area (Å²) in [5, 5.41) is 6.47. The molecule has 1 aromatic carbocycles. The van der Waals surface area contributed by atoms with E-state index >= 15 is 0 Å². The number of esters is 1. The number of fused-ring (bicyclic) bond motifs is 4. The largest absolute Gasteiger partial charge is 0.427 e. The second-order valence-electron chi connectivity index (χ2n) is 10.8. The highest BCUT2D eigenvalue weighted by Gasteiger charge is 2.46. The van der Waals surface area contributed by atoms with Crippen LogP contribution < -0.4 is 15.4 Å². The van der Waals surface area contributed by atoms with E-state index < -0.39 is 0 Å². The molecule has 1 aromatic rings. The molecule has 0 spiro atoms. The Kier molecular flexibility index (Phi) is 6.65. The van der Waals surface area contributed by atoms with Crippen LogP contribution in [0.25, 0.3) is 0 Å². The van der Waals surface area contributed by atoms with Crippen LogP contribution in [-0.4, -0.2) is 35.1 Å². The standard InChI is InChI=1S/C27H38N2O3S/c1-3-17-14-18-11-12-19(15-21(18)27(2)13-7-6-8-20(17)27)32-24(30)10-5-4-9-23-25-22(16-33-23)28-26(31)29-25/h11-12,15,17,20,22-23,25H,3-10,13-14,16H2,1-2H3,(H2,28,29,31)/t17-,20+,22?,23?,25?,27+/m0/s1. The zero-order valence-electron chi connectivity index (χ0n) is 20.0. The van der Waals surface area contributed by atoms with Gasteiger partial charge in [-0.05, 0) is 72.6 Å². The molecule has 3 fully saturated rings. The fourth-order valence-corrected chi connectivity index (χ4v) is 8.62. The molecule has 1 saturated carbocycles. The van der Waals surface area contributed by atoms with Crippen molar-refractivity contribution in [1.82, 2.24) is 10.6 Å². The minimum atomic E-state index is -0.129. The molecule has 0 radical (unpaired) electrons. The van der Waals surface area contributed by atoms with Crippen molar-refractivity contribution in [2.45, 2.75) is 101 Å². The minimum Gasteiger partial charge on any atom is -0.427 e. The molecule has 2 aliphatic carbocycles. The van der Waals surface area contributed by atoms with E-state index in [0.29, 0.717) is 17.4 Å². The Hall–Kier alpha value is -1.69. The van der Waals surface area contributed by atoms with Crippen molar-refractivity contribution in [2.24, 2.45) is 11.8 Å². The summed E-state index contributed by atoms with van der Waals surface area (Å²) in [7, 11) is 0. The van der Waals surface area contributed by atoms with Crippen molar-refractivity contribution in [1.29, 1.82) is 0 Å². The number of nitrogens with one attached hydrogen (secondary N) is 2. The van der Waals surface area contributed by atoms with Crippen LogP contribution in [0.1, 0.15) is 82.8 Å². The number of benzene rings is 1. The van der Waals surface area contributed by atoms with Gasteiger partial charge in [0.05, 0.1) is 12.1 Å². The van der Waals surface area contributed by atoms with Gasteiger partial charge in [-0.3, -0.25) is 4.79 Å². The smallest absolute Gasteiger partial charge is 0.315 e. The van der Waals surface area contributed by atoms with Gasteiger partial charge in [-0.25, -0.2) is 4.79 Å². The number of urea groups is 1. The Labute approximate surface area is 202 Å². The highest BCUT2D eigenvalue weighted by atomic mass is 32.2. The first-order valence-corrected chi connectivity index (χ1v) is 14.1. The van der Waals surface area contributed by atoms with E-state index in [-0.39, 0.29) is 29.5 Å². The maximum Gasteiger partial charge on any atom is 0.315 e. The zero-order chi connectivity index (χ0) is 23.0.